The number of aliphatic hydroxyl groups excluding tert-OH is 1. The van der Waals surface area contributed by atoms with E-state index in [1.54, 1.807) is 25.1 Å². The number of hydrogen-bond acceptors (Lipinski definition) is 2. The van der Waals surface area contributed by atoms with Gasteiger partial charge in [0.15, 0.2) is 0 Å². The third-order valence-corrected chi connectivity index (χ3v) is 3.09. The lowest BCUT2D eigenvalue weighted by atomic mass is 9.99. The van der Waals surface area contributed by atoms with Crippen LogP contribution in [0.1, 0.15) is 36.6 Å². The Hall–Kier alpha value is -1.87. The Bertz CT molecular complexity index is 593. The molecule has 0 bridgehead atoms. The van der Waals surface area contributed by atoms with E-state index in [0.717, 1.165) is 0 Å². The molecule has 0 fully saturated rings. The van der Waals surface area contributed by atoms with Gasteiger partial charge in [0, 0.05) is 5.56 Å². The monoisotopic (exact) mass is 274 g/mol. The molecule has 0 aliphatic heterocycles. The molecule has 1 N–H and O–H groups in total. The van der Waals surface area contributed by atoms with Crippen molar-refractivity contribution in [2.24, 2.45) is 0 Å². The molecule has 2 rings (SSSR count). The number of aliphatic hydroxyl groups is 1. The highest BCUT2D eigenvalue weighted by Crippen LogP contribution is 2.31. The van der Waals surface area contributed by atoms with Crippen molar-refractivity contribution in [2.45, 2.75) is 33.0 Å². The van der Waals surface area contributed by atoms with Crippen LogP contribution < -0.4 is 4.74 Å². The molecule has 0 saturated heterocycles. The Kier molecular flexibility index (Phi) is 4.40. The Morgan fingerprint density at radius 1 is 1.10 bits per heavy atom. The molecule has 0 saturated carbocycles. The molecule has 1 atom stereocenters. The first-order chi connectivity index (χ1) is 9.49. The minimum atomic E-state index is -0.903. The van der Waals surface area contributed by atoms with Crippen molar-refractivity contribution in [1.29, 1.82) is 0 Å². The van der Waals surface area contributed by atoms with Gasteiger partial charge in [-0.05, 0) is 44.0 Å². The van der Waals surface area contributed by atoms with Gasteiger partial charge < -0.3 is 9.84 Å². The quantitative estimate of drug-likeness (QED) is 0.913. The van der Waals surface area contributed by atoms with Gasteiger partial charge in [-0.25, -0.2) is 4.39 Å². The van der Waals surface area contributed by atoms with Crippen LogP contribution in [0, 0.1) is 12.7 Å². The molecule has 1 unspecified atom stereocenters. The smallest absolute Gasteiger partial charge is 0.126 e. The lowest BCUT2D eigenvalue weighted by Gasteiger charge is -2.18. The lowest BCUT2D eigenvalue weighted by Crippen LogP contribution is -2.10. The Morgan fingerprint density at radius 2 is 1.80 bits per heavy atom. The minimum absolute atomic E-state index is 0.0121. The summed E-state index contributed by atoms with van der Waals surface area (Å²) in [5.41, 5.74) is 1.73. The second-order valence-corrected chi connectivity index (χ2v) is 5.12. The highest BCUT2D eigenvalue weighted by Gasteiger charge is 2.17. The molecule has 3 heteroatoms. The molecule has 2 nitrogen and oxygen atoms in total. The van der Waals surface area contributed by atoms with Crippen LogP contribution in [0.3, 0.4) is 0 Å². The molecule has 0 radical (unpaired) electrons. The SMILES string of the molecule is Cc1ccc(C(O)c2ccccc2OC(C)C)cc1F. The minimum Gasteiger partial charge on any atom is -0.491 e. The van der Waals surface area contributed by atoms with Crippen LogP contribution in [0.25, 0.3) is 0 Å². The summed E-state index contributed by atoms with van der Waals surface area (Å²) in [5.74, 6) is 0.305. The standard InChI is InChI=1S/C17H19FO2/c1-11(2)20-16-7-5-4-6-14(16)17(19)13-9-8-12(3)15(18)10-13/h4-11,17,19H,1-3H3. The van der Waals surface area contributed by atoms with E-state index in [0.29, 0.717) is 22.4 Å². The maximum absolute atomic E-state index is 13.6. The molecule has 0 spiro atoms. The summed E-state index contributed by atoms with van der Waals surface area (Å²) < 4.78 is 19.3. The topological polar surface area (TPSA) is 29.5 Å². The number of rotatable bonds is 4. The zero-order chi connectivity index (χ0) is 14.7. The summed E-state index contributed by atoms with van der Waals surface area (Å²) in [6.07, 6.45) is -0.891. The maximum Gasteiger partial charge on any atom is 0.126 e. The van der Waals surface area contributed by atoms with Gasteiger partial charge in [-0.3, -0.25) is 0 Å². The Morgan fingerprint density at radius 3 is 2.45 bits per heavy atom. The van der Waals surface area contributed by atoms with Crippen LogP contribution in [-0.2, 0) is 0 Å². The van der Waals surface area contributed by atoms with Gasteiger partial charge in [-0.1, -0.05) is 30.3 Å². The van der Waals surface area contributed by atoms with Crippen molar-refractivity contribution in [3.05, 3.63) is 65.0 Å². The summed E-state index contributed by atoms with van der Waals surface area (Å²) >= 11 is 0. The molecular formula is C17H19FO2. The molecule has 106 valence electrons. The highest BCUT2D eigenvalue weighted by molar-refractivity contribution is 5.41. The van der Waals surface area contributed by atoms with E-state index in [4.69, 9.17) is 4.74 Å². The fourth-order valence-corrected chi connectivity index (χ4v) is 2.03. The van der Waals surface area contributed by atoms with E-state index < -0.39 is 6.10 Å². The fraction of sp³-hybridized carbons (Fsp3) is 0.294. The Balaban J connectivity index is 2.37. The van der Waals surface area contributed by atoms with Crippen molar-refractivity contribution in [3.8, 4) is 5.75 Å². The molecule has 0 aliphatic rings. The van der Waals surface area contributed by atoms with E-state index in [9.17, 15) is 9.50 Å². The van der Waals surface area contributed by atoms with Gasteiger partial charge in [0.2, 0.25) is 0 Å². The van der Waals surface area contributed by atoms with Crippen molar-refractivity contribution in [2.75, 3.05) is 0 Å². The third-order valence-electron chi connectivity index (χ3n) is 3.09. The number of benzene rings is 2. The lowest BCUT2D eigenvalue weighted by molar-refractivity contribution is 0.198. The van der Waals surface area contributed by atoms with Crippen LogP contribution in [-0.4, -0.2) is 11.2 Å². The van der Waals surface area contributed by atoms with Gasteiger partial charge in [0.25, 0.3) is 0 Å². The summed E-state index contributed by atoms with van der Waals surface area (Å²) in [5, 5.41) is 10.5. The summed E-state index contributed by atoms with van der Waals surface area (Å²) in [6, 6.07) is 12.0. The zero-order valence-corrected chi connectivity index (χ0v) is 11.9. The van der Waals surface area contributed by atoms with Crippen molar-refractivity contribution >= 4 is 0 Å². The molecule has 0 heterocycles. The summed E-state index contributed by atoms with van der Waals surface area (Å²) in [4.78, 5) is 0. The summed E-state index contributed by atoms with van der Waals surface area (Å²) in [7, 11) is 0. The van der Waals surface area contributed by atoms with Gasteiger partial charge >= 0.3 is 0 Å². The second-order valence-electron chi connectivity index (χ2n) is 5.12. The van der Waals surface area contributed by atoms with E-state index in [-0.39, 0.29) is 11.9 Å². The number of ether oxygens (including phenoxy) is 1. The van der Waals surface area contributed by atoms with Crippen LogP contribution in [0.2, 0.25) is 0 Å². The molecule has 20 heavy (non-hydrogen) atoms. The van der Waals surface area contributed by atoms with Crippen molar-refractivity contribution < 1.29 is 14.2 Å². The predicted molar refractivity (Wildman–Crippen MR) is 77.4 cm³/mol. The van der Waals surface area contributed by atoms with Crippen LogP contribution in [0.4, 0.5) is 4.39 Å². The highest BCUT2D eigenvalue weighted by atomic mass is 19.1. The van der Waals surface area contributed by atoms with Gasteiger partial charge in [0.1, 0.15) is 17.7 Å². The first kappa shape index (κ1) is 14.5. The Labute approximate surface area is 118 Å². The third kappa shape index (κ3) is 3.17. The fourth-order valence-electron chi connectivity index (χ4n) is 2.03. The van der Waals surface area contributed by atoms with Crippen molar-refractivity contribution in [1.82, 2.24) is 0 Å². The normalized spacial score (nSPS) is 12.5. The predicted octanol–water partition coefficient (Wildman–Crippen LogP) is 4.00. The number of para-hydroxylation sites is 1. The van der Waals surface area contributed by atoms with E-state index in [1.165, 1.54) is 6.07 Å². The first-order valence-corrected chi connectivity index (χ1v) is 6.68. The van der Waals surface area contributed by atoms with Gasteiger partial charge in [-0.2, -0.15) is 0 Å². The average molecular weight is 274 g/mol. The van der Waals surface area contributed by atoms with Crippen molar-refractivity contribution in [3.63, 3.8) is 0 Å². The van der Waals surface area contributed by atoms with Gasteiger partial charge in [0.05, 0.1) is 6.10 Å². The number of hydrogen-bond donors (Lipinski definition) is 1. The largest absolute Gasteiger partial charge is 0.491 e. The van der Waals surface area contributed by atoms with E-state index in [1.807, 2.05) is 32.0 Å². The maximum atomic E-state index is 13.6. The van der Waals surface area contributed by atoms with E-state index >= 15 is 0 Å². The zero-order valence-electron chi connectivity index (χ0n) is 11.9. The second kappa shape index (κ2) is 6.06. The van der Waals surface area contributed by atoms with Gasteiger partial charge in [-0.15, -0.1) is 0 Å². The molecule has 0 amide bonds. The summed E-state index contributed by atoms with van der Waals surface area (Å²) in [6.45, 7) is 5.55. The number of halogens is 1. The van der Waals surface area contributed by atoms with Crippen LogP contribution in [0.5, 0.6) is 5.75 Å². The van der Waals surface area contributed by atoms with Crippen LogP contribution >= 0.6 is 0 Å². The molecular weight excluding hydrogens is 255 g/mol. The van der Waals surface area contributed by atoms with Crippen LogP contribution in [0.15, 0.2) is 42.5 Å². The molecule has 2 aromatic carbocycles. The average Bonchev–Trinajstić information content (AvgIpc) is 2.41. The number of aryl methyl sites for hydroxylation is 1. The molecule has 0 aromatic heterocycles. The molecule has 0 aliphatic carbocycles. The van der Waals surface area contributed by atoms with E-state index in [2.05, 4.69) is 0 Å². The first-order valence-electron chi connectivity index (χ1n) is 6.68. The molecule has 2 aromatic rings.